The number of nitrogens with two attached hydrogens (primary N) is 1. The number of rotatable bonds is 6. The normalized spacial score (nSPS) is 10.0. The summed E-state index contributed by atoms with van der Waals surface area (Å²) in [7, 11) is 3.27. The quantitative estimate of drug-likeness (QED) is 0.799. The molecule has 4 heteroatoms. The second kappa shape index (κ2) is 6.23. The molecule has 90 valence electrons. The molecule has 0 radical (unpaired) electrons. The molecule has 0 amide bonds. The van der Waals surface area contributed by atoms with Gasteiger partial charge in [0, 0.05) is 12.6 Å². The Morgan fingerprint density at radius 2 is 1.75 bits per heavy atom. The first-order valence-corrected chi connectivity index (χ1v) is 5.34. The minimum atomic E-state index is 0.463. The van der Waals surface area contributed by atoms with Crippen molar-refractivity contribution in [2.75, 3.05) is 27.4 Å². The Morgan fingerprint density at radius 1 is 1.06 bits per heavy atom. The lowest BCUT2D eigenvalue weighted by atomic mass is 10.1. The van der Waals surface area contributed by atoms with Crippen molar-refractivity contribution in [1.82, 2.24) is 0 Å². The maximum atomic E-state index is 5.49. The maximum Gasteiger partial charge on any atom is 0.164 e. The van der Waals surface area contributed by atoms with E-state index in [1.165, 1.54) is 0 Å². The highest BCUT2D eigenvalue weighted by Gasteiger charge is 2.10. The fourth-order valence-corrected chi connectivity index (χ4v) is 1.49. The van der Waals surface area contributed by atoms with Gasteiger partial charge in [0.25, 0.3) is 0 Å². The van der Waals surface area contributed by atoms with Crippen molar-refractivity contribution in [1.29, 1.82) is 0 Å². The standard InChI is InChI=1S/C12H19NO3/c1-4-9-7-11(15-3)12(16-6-5-13)8-10(9)14-2/h7-8H,4-6,13H2,1-3H3. The zero-order valence-electron chi connectivity index (χ0n) is 10.1. The summed E-state index contributed by atoms with van der Waals surface area (Å²) in [5.74, 6) is 2.20. The SMILES string of the molecule is CCc1cc(OC)c(OCCN)cc1OC. The predicted octanol–water partition coefficient (Wildman–Crippen LogP) is 1.60. The Labute approximate surface area is 96.3 Å². The first-order valence-electron chi connectivity index (χ1n) is 5.34. The summed E-state index contributed by atoms with van der Waals surface area (Å²) in [4.78, 5) is 0. The van der Waals surface area contributed by atoms with Gasteiger partial charge < -0.3 is 19.9 Å². The van der Waals surface area contributed by atoms with Crippen LogP contribution in [0.15, 0.2) is 12.1 Å². The van der Waals surface area contributed by atoms with Crippen LogP contribution in [0.4, 0.5) is 0 Å². The summed E-state index contributed by atoms with van der Waals surface area (Å²) in [6, 6.07) is 3.78. The molecular weight excluding hydrogens is 206 g/mol. The van der Waals surface area contributed by atoms with Crippen LogP contribution < -0.4 is 19.9 Å². The molecule has 0 unspecified atom stereocenters. The fraction of sp³-hybridized carbons (Fsp3) is 0.500. The van der Waals surface area contributed by atoms with Crippen molar-refractivity contribution < 1.29 is 14.2 Å². The van der Waals surface area contributed by atoms with Gasteiger partial charge in [-0.15, -0.1) is 0 Å². The lowest BCUT2D eigenvalue weighted by molar-refractivity contribution is 0.299. The molecule has 0 bridgehead atoms. The zero-order valence-corrected chi connectivity index (χ0v) is 10.1. The first-order chi connectivity index (χ1) is 7.76. The average molecular weight is 225 g/mol. The Hall–Kier alpha value is -1.42. The molecule has 0 saturated heterocycles. The summed E-state index contributed by atoms with van der Waals surface area (Å²) in [6.45, 7) is 3.00. The molecule has 4 nitrogen and oxygen atoms in total. The maximum absolute atomic E-state index is 5.49. The molecule has 0 aromatic heterocycles. The van der Waals surface area contributed by atoms with Gasteiger partial charge >= 0.3 is 0 Å². The second-order valence-electron chi connectivity index (χ2n) is 3.31. The van der Waals surface area contributed by atoms with Crippen LogP contribution in [-0.4, -0.2) is 27.4 Å². The first kappa shape index (κ1) is 12.6. The van der Waals surface area contributed by atoms with Crippen LogP contribution in [0, 0.1) is 0 Å². The Bertz CT molecular complexity index is 339. The molecule has 0 aliphatic rings. The smallest absolute Gasteiger partial charge is 0.164 e. The number of benzene rings is 1. The van der Waals surface area contributed by atoms with Crippen molar-refractivity contribution in [3.63, 3.8) is 0 Å². The van der Waals surface area contributed by atoms with Gasteiger partial charge in [-0.05, 0) is 18.1 Å². The van der Waals surface area contributed by atoms with Gasteiger partial charge in [0.15, 0.2) is 11.5 Å². The Kier molecular flexibility index (Phi) is 4.92. The monoisotopic (exact) mass is 225 g/mol. The van der Waals surface area contributed by atoms with Gasteiger partial charge in [0.2, 0.25) is 0 Å². The number of hydrogen-bond acceptors (Lipinski definition) is 4. The molecule has 0 atom stereocenters. The lowest BCUT2D eigenvalue weighted by Crippen LogP contribution is -2.11. The molecule has 0 saturated carbocycles. The Morgan fingerprint density at radius 3 is 2.25 bits per heavy atom. The van der Waals surface area contributed by atoms with E-state index in [0.29, 0.717) is 24.7 Å². The molecule has 1 aromatic carbocycles. The third-order valence-corrected chi connectivity index (χ3v) is 2.32. The summed E-state index contributed by atoms with van der Waals surface area (Å²) in [5.41, 5.74) is 6.49. The molecule has 0 fully saturated rings. The van der Waals surface area contributed by atoms with Gasteiger partial charge in [0.05, 0.1) is 14.2 Å². The van der Waals surface area contributed by atoms with Crippen molar-refractivity contribution in [3.8, 4) is 17.2 Å². The van der Waals surface area contributed by atoms with Crippen LogP contribution in [0.3, 0.4) is 0 Å². The van der Waals surface area contributed by atoms with Crippen LogP contribution in [0.1, 0.15) is 12.5 Å². The molecule has 0 aliphatic carbocycles. The van der Waals surface area contributed by atoms with Crippen LogP contribution in [0.5, 0.6) is 17.2 Å². The minimum Gasteiger partial charge on any atom is -0.496 e. The van der Waals surface area contributed by atoms with E-state index < -0.39 is 0 Å². The van der Waals surface area contributed by atoms with Gasteiger partial charge in [-0.2, -0.15) is 0 Å². The zero-order chi connectivity index (χ0) is 12.0. The van der Waals surface area contributed by atoms with Crippen LogP contribution in [0.25, 0.3) is 0 Å². The number of ether oxygens (including phenoxy) is 3. The van der Waals surface area contributed by atoms with Crippen LogP contribution in [0.2, 0.25) is 0 Å². The van der Waals surface area contributed by atoms with Crippen molar-refractivity contribution in [3.05, 3.63) is 17.7 Å². The number of hydrogen-bond donors (Lipinski definition) is 1. The molecular formula is C12H19NO3. The van der Waals surface area contributed by atoms with Crippen molar-refractivity contribution in [2.45, 2.75) is 13.3 Å². The van der Waals surface area contributed by atoms with E-state index in [0.717, 1.165) is 17.7 Å². The third-order valence-electron chi connectivity index (χ3n) is 2.32. The van der Waals surface area contributed by atoms with Gasteiger partial charge in [0.1, 0.15) is 12.4 Å². The average Bonchev–Trinajstić information content (AvgIpc) is 2.35. The lowest BCUT2D eigenvalue weighted by Gasteiger charge is -2.14. The van der Waals surface area contributed by atoms with E-state index in [1.807, 2.05) is 12.1 Å². The molecule has 2 N–H and O–H groups in total. The van der Waals surface area contributed by atoms with E-state index in [1.54, 1.807) is 14.2 Å². The molecule has 16 heavy (non-hydrogen) atoms. The highest BCUT2D eigenvalue weighted by atomic mass is 16.5. The van der Waals surface area contributed by atoms with E-state index >= 15 is 0 Å². The van der Waals surface area contributed by atoms with E-state index in [4.69, 9.17) is 19.9 Å². The van der Waals surface area contributed by atoms with Crippen molar-refractivity contribution >= 4 is 0 Å². The molecule has 1 aromatic rings. The largest absolute Gasteiger partial charge is 0.496 e. The van der Waals surface area contributed by atoms with Gasteiger partial charge in [-0.3, -0.25) is 0 Å². The van der Waals surface area contributed by atoms with E-state index in [9.17, 15) is 0 Å². The molecule has 0 heterocycles. The summed E-state index contributed by atoms with van der Waals surface area (Å²) >= 11 is 0. The summed E-state index contributed by atoms with van der Waals surface area (Å²) in [5, 5.41) is 0. The Balaban J connectivity index is 3.05. The highest BCUT2D eigenvalue weighted by Crippen LogP contribution is 2.34. The predicted molar refractivity (Wildman–Crippen MR) is 63.5 cm³/mol. The molecule has 0 spiro atoms. The van der Waals surface area contributed by atoms with Crippen LogP contribution >= 0.6 is 0 Å². The van der Waals surface area contributed by atoms with E-state index in [-0.39, 0.29) is 0 Å². The van der Waals surface area contributed by atoms with Gasteiger partial charge in [-0.25, -0.2) is 0 Å². The topological polar surface area (TPSA) is 53.7 Å². The number of aryl methyl sites for hydroxylation is 1. The fourth-order valence-electron chi connectivity index (χ4n) is 1.49. The van der Waals surface area contributed by atoms with Crippen molar-refractivity contribution in [2.24, 2.45) is 5.73 Å². The third kappa shape index (κ3) is 2.79. The van der Waals surface area contributed by atoms with Gasteiger partial charge in [-0.1, -0.05) is 6.92 Å². The van der Waals surface area contributed by atoms with Crippen LogP contribution in [-0.2, 0) is 6.42 Å². The summed E-state index contributed by atoms with van der Waals surface area (Å²) < 4.78 is 16.0. The molecule has 0 aliphatic heterocycles. The molecule has 1 rings (SSSR count). The van der Waals surface area contributed by atoms with E-state index in [2.05, 4.69) is 6.92 Å². The second-order valence-corrected chi connectivity index (χ2v) is 3.31. The minimum absolute atomic E-state index is 0.463. The summed E-state index contributed by atoms with van der Waals surface area (Å²) in [6.07, 6.45) is 0.886. The highest BCUT2D eigenvalue weighted by molar-refractivity contribution is 5.50. The number of methoxy groups -OCH3 is 2.